The number of aromatic nitrogens is 3. The van der Waals surface area contributed by atoms with Gasteiger partial charge in [-0.1, -0.05) is 13.3 Å². The van der Waals surface area contributed by atoms with E-state index in [0.29, 0.717) is 31.0 Å². The topological polar surface area (TPSA) is 74.9 Å². The van der Waals surface area contributed by atoms with Crippen LogP contribution in [0.25, 0.3) is 5.65 Å². The molecule has 10 heteroatoms. The second-order valence-electron chi connectivity index (χ2n) is 6.87. The molecule has 0 unspecified atom stereocenters. The van der Waals surface area contributed by atoms with Crippen molar-refractivity contribution in [3.63, 3.8) is 0 Å². The smallest absolute Gasteiger partial charge is 0.329 e. The number of hydrogen-bond donors (Lipinski definition) is 1. The number of hydrogen-bond acceptors (Lipinski definition) is 4. The number of amides is 2. The fourth-order valence-corrected chi connectivity index (χ4v) is 3.90. The Hall–Kier alpha value is -2.65. The minimum atomic E-state index is -4.42. The van der Waals surface area contributed by atoms with E-state index in [1.807, 2.05) is 16.6 Å². The molecule has 4 heterocycles. The fourth-order valence-electron chi connectivity index (χ4n) is 3.90. The molecule has 2 aliphatic rings. The lowest BCUT2D eigenvalue weighted by Gasteiger charge is -2.18. The number of imidazole rings is 1. The summed E-state index contributed by atoms with van der Waals surface area (Å²) in [7, 11) is 0. The van der Waals surface area contributed by atoms with Gasteiger partial charge < -0.3 is 10.2 Å². The maximum atomic E-state index is 12.4. The molecule has 0 aromatic carbocycles. The molecule has 7 nitrogen and oxygen atoms in total. The Balaban J connectivity index is 1.60. The number of alkyl halides is 3. The van der Waals surface area contributed by atoms with Gasteiger partial charge in [-0.25, -0.2) is 19.8 Å². The summed E-state index contributed by atoms with van der Waals surface area (Å²) in [5.41, 5.74) is 2.62. The molecule has 2 atom stereocenters. The van der Waals surface area contributed by atoms with Crippen molar-refractivity contribution in [1.82, 2.24) is 24.6 Å². The number of nitrogens with zero attached hydrogens (tertiary/aromatic N) is 5. The van der Waals surface area contributed by atoms with Crippen LogP contribution in [0.2, 0.25) is 0 Å². The van der Waals surface area contributed by atoms with E-state index in [-0.39, 0.29) is 11.8 Å². The molecule has 2 aromatic rings. The van der Waals surface area contributed by atoms with Gasteiger partial charge in [0.1, 0.15) is 6.54 Å². The molecule has 0 saturated carbocycles. The predicted octanol–water partition coefficient (Wildman–Crippen LogP) is 2.69. The lowest BCUT2D eigenvalue weighted by Crippen LogP contribution is -2.42. The minimum absolute atomic E-state index is 0.00580. The molecule has 0 radical (unpaired) electrons. The monoisotopic (exact) mass is 380 g/mol. The molecule has 2 aromatic heterocycles. The molecule has 0 bridgehead atoms. The van der Waals surface area contributed by atoms with Crippen LogP contribution in [0.1, 0.15) is 30.7 Å². The number of fused-ring (bicyclic) bond motifs is 3. The zero-order valence-electron chi connectivity index (χ0n) is 14.7. The van der Waals surface area contributed by atoms with Crippen LogP contribution in [0.5, 0.6) is 0 Å². The van der Waals surface area contributed by atoms with Gasteiger partial charge in [-0.05, 0) is 5.92 Å². The fraction of sp³-hybridized carbons (Fsp3) is 0.529. The summed E-state index contributed by atoms with van der Waals surface area (Å²) < 4.78 is 39.2. The number of carbonyl (C=O) groups is 1. The number of likely N-dealkylation sites (tertiary alicyclic amines) is 1. The first-order valence-electron chi connectivity index (χ1n) is 8.84. The summed E-state index contributed by atoms with van der Waals surface area (Å²) in [6, 6.07) is -0.683. The molecule has 1 N–H and O–H groups in total. The van der Waals surface area contributed by atoms with Crippen LogP contribution in [0.3, 0.4) is 0 Å². The molecule has 27 heavy (non-hydrogen) atoms. The summed E-state index contributed by atoms with van der Waals surface area (Å²) >= 11 is 0. The van der Waals surface area contributed by atoms with Crippen molar-refractivity contribution in [2.45, 2.75) is 31.9 Å². The maximum absolute atomic E-state index is 12.4. The number of aliphatic imine (C=N–C) groups is 1. The van der Waals surface area contributed by atoms with Crippen LogP contribution < -0.4 is 5.32 Å². The van der Waals surface area contributed by atoms with Crippen molar-refractivity contribution in [3.05, 3.63) is 23.8 Å². The summed E-state index contributed by atoms with van der Waals surface area (Å²) in [6.45, 7) is 1.47. The van der Waals surface area contributed by atoms with Gasteiger partial charge in [0.05, 0.1) is 11.9 Å². The number of carbonyl (C=O) groups excluding carboxylic acids is 1. The van der Waals surface area contributed by atoms with E-state index in [2.05, 4.69) is 15.0 Å². The van der Waals surface area contributed by atoms with Crippen molar-refractivity contribution in [3.8, 4) is 0 Å². The van der Waals surface area contributed by atoms with Crippen LogP contribution in [0.4, 0.5) is 23.8 Å². The molecular formula is C17H19F3N6O. The van der Waals surface area contributed by atoms with E-state index in [4.69, 9.17) is 0 Å². The van der Waals surface area contributed by atoms with Gasteiger partial charge in [-0.2, -0.15) is 13.2 Å². The van der Waals surface area contributed by atoms with Crippen molar-refractivity contribution in [1.29, 1.82) is 0 Å². The lowest BCUT2D eigenvalue weighted by molar-refractivity contribution is -0.123. The van der Waals surface area contributed by atoms with Gasteiger partial charge in [0.2, 0.25) is 0 Å². The number of halogens is 3. The molecule has 1 fully saturated rings. The third kappa shape index (κ3) is 3.24. The Labute approximate surface area is 153 Å². The average molecular weight is 380 g/mol. The van der Waals surface area contributed by atoms with E-state index < -0.39 is 18.8 Å². The molecule has 4 rings (SSSR count). The van der Waals surface area contributed by atoms with Gasteiger partial charge in [-0.3, -0.25) is 4.40 Å². The standard InChI is InChI=1S/C17H19F3N6O/c1-2-10-7-25(16(27)24-9-17(18,19)20)8-11(10)13-5-22-14-6-23-15-12(26(13)14)3-4-21-15/h4-6,10-11H,2-3,7-9H2,1H3,(H,24,27)/t10-,11+/m1/s1. The summed E-state index contributed by atoms with van der Waals surface area (Å²) in [4.78, 5) is 26.6. The molecule has 0 aliphatic carbocycles. The number of nitrogens with one attached hydrogen (secondary N) is 1. The highest BCUT2D eigenvalue weighted by Gasteiger charge is 2.38. The van der Waals surface area contributed by atoms with E-state index in [0.717, 1.165) is 17.8 Å². The lowest BCUT2D eigenvalue weighted by atomic mass is 9.91. The number of urea groups is 1. The van der Waals surface area contributed by atoms with Crippen LogP contribution in [-0.4, -0.2) is 57.3 Å². The minimum Gasteiger partial charge on any atom is -0.329 e. The SMILES string of the molecule is CC[C@@H]1CN(C(=O)NCC(F)(F)F)C[C@@H]1c1cnc2cnc3c(n12)CC=N3. The number of rotatable bonds is 3. The zero-order valence-corrected chi connectivity index (χ0v) is 14.7. The highest BCUT2D eigenvalue weighted by atomic mass is 19.4. The van der Waals surface area contributed by atoms with E-state index >= 15 is 0 Å². The molecule has 1 saturated heterocycles. The molecule has 2 aliphatic heterocycles. The van der Waals surface area contributed by atoms with Gasteiger partial charge in [0.25, 0.3) is 0 Å². The van der Waals surface area contributed by atoms with Crippen molar-refractivity contribution in [2.24, 2.45) is 10.9 Å². The Morgan fingerprint density at radius 3 is 2.85 bits per heavy atom. The van der Waals surface area contributed by atoms with Crippen LogP contribution in [0.15, 0.2) is 17.4 Å². The summed E-state index contributed by atoms with van der Waals surface area (Å²) in [5.74, 6) is 0.800. The van der Waals surface area contributed by atoms with E-state index in [1.165, 1.54) is 4.90 Å². The molecule has 0 spiro atoms. The Morgan fingerprint density at radius 1 is 1.30 bits per heavy atom. The average Bonchev–Trinajstić information content (AvgIpc) is 3.33. The molecule has 144 valence electrons. The van der Waals surface area contributed by atoms with Gasteiger partial charge in [0, 0.05) is 43.5 Å². The summed E-state index contributed by atoms with van der Waals surface area (Å²) in [6.07, 6.45) is 2.28. The van der Waals surface area contributed by atoms with Crippen molar-refractivity contribution < 1.29 is 18.0 Å². The second-order valence-corrected chi connectivity index (χ2v) is 6.87. The van der Waals surface area contributed by atoms with Crippen LogP contribution in [0, 0.1) is 5.92 Å². The molecule has 2 amide bonds. The largest absolute Gasteiger partial charge is 0.405 e. The van der Waals surface area contributed by atoms with E-state index in [9.17, 15) is 18.0 Å². The first kappa shape index (κ1) is 17.7. The maximum Gasteiger partial charge on any atom is 0.405 e. The normalized spacial score (nSPS) is 21.9. The Morgan fingerprint density at radius 2 is 2.11 bits per heavy atom. The van der Waals surface area contributed by atoms with Crippen LogP contribution in [-0.2, 0) is 6.42 Å². The van der Waals surface area contributed by atoms with Crippen molar-refractivity contribution >= 4 is 23.7 Å². The van der Waals surface area contributed by atoms with Gasteiger partial charge in [-0.15, -0.1) is 0 Å². The first-order valence-corrected chi connectivity index (χ1v) is 8.84. The first-order chi connectivity index (χ1) is 12.9. The van der Waals surface area contributed by atoms with Crippen molar-refractivity contribution in [2.75, 3.05) is 19.6 Å². The Kier molecular flexibility index (Phi) is 4.27. The zero-order chi connectivity index (χ0) is 19.2. The molecular weight excluding hydrogens is 361 g/mol. The van der Waals surface area contributed by atoms with E-state index in [1.54, 1.807) is 18.6 Å². The van der Waals surface area contributed by atoms with Gasteiger partial charge in [0.15, 0.2) is 11.5 Å². The third-order valence-corrected chi connectivity index (χ3v) is 5.22. The van der Waals surface area contributed by atoms with Crippen LogP contribution >= 0.6 is 0 Å². The predicted molar refractivity (Wildman–Crippen MR) is 92.4 cm³/mol. The Bertz CT molecular complexity index is 906. The highest BCUT2D eigenvalue weighted by Crippen LogP contribution is 2.36. The van der Waals surface area contributed by atoms with Gasteiger partial charge >= 0.3 is 12.2 Å². The quantitative estimate of drug-likeness (QED) is 0.890. The summed E-state index contributed by atoms with van der Waals surface area (Å²) in [5, 5.41) is 1.96. The third-order valence-electron chi connectivity index (χ3n) is 5.22. The second kappa shape index (κ2) is 6.50. The highest BCUT2D eigenvalue weighted by molar-refractivity contribution is 5.75.